The van der Waals surface area contributed by atoms with Gasteiger partial charge < -0.3 is 20.6 Å². The molecule has 5 heteroatoms. The Labute approximate surface area is 299 Å². The molecule has 1 amide bonds. The van der Waals surface area contributed by atoms with Crippen LogP contribution in [0.25, 0.3) is 0 Å². The van der Waals surface area contributed by atoms with Crippen LogP contribution in [-0.2, 0) is 4.79 Å². The Balaban J connectivity index is 3.55. The van der Waals surface area contributed by atoms with Crippen LogP contribution in [0.4, 0.5) is 0 Å². The Kier molecular flexibility index (Phi) is 38.1. The van der Waals surface area contributed by atoms with Crippen LogP contribution in [0.15, 0.2) is 12.2 Å². The summed E-state index contributed by atoms with van der Waals surface area (Å²) in [6, 6.07) is -0.738. The second-order valence-electron chi connectivity index (χ2n) is 15.0. The summed E-state index contributed by atoms with van der Waals surface area (Å²) in [4.78, 5) is 12.3. The van der Waals surface area contributed by atoms with Gasteiger partial charge in [0.2, 0.25) is 5.91 Å². The van der Waals surface area contributed by atoms with E-state index in [1.807, 2.05) is 6.08 Å². The molecule has 0 heterocycles. The van der Waals surface area contributed by atoms with Crippen molar-refractivity contribution in [2.24, 2.45) is 0 Å². The molecular formula is C43H85NO4. The van der Waals surface area contributed by atoms with Crippen molar-refractivity contribution in [2.75, 3.05) is 6.61 Å². The lowest BCUT2D eigenvalue weighted by Gasteiger charge is -2.21. The van der Waals surface area contributed by atoms with E-state index in [1.54, 1.807) is 6.08 Å². The van der Waals surface area contributed by atoms with Crippen molar-refractivity contribution in [3.05, 3.63) is 12.2 Å². The summed E-state index contributed by atoms with van der Waals surface area (Å²) in [5.74, 6) is -0.316. The predicted molar refractivity (Wildman–Crippen MR) is 208 cm³/mol. The van der Waals surface area contributed by atoms with E-state index in [4.69, 9.17) is 0 Å². The van der Waals surface area contributed by atoms with E-state index < -0.39 is 18.2 Å². The van der Waals surface area contributed by atoms with E-state index in [-0.39, 0.29) is 18.9 Å². The molecule has 0 fully saturated rings. The minimum absolute atomic E-state index is 0.0168. The smallest absolute Gasteiger partial charge is 0.222 e. The number of nitrogens with one attached hydrogen (secondary N) is 1. The standard InChI is InChI=1S/C43H85NO4/c1-3-5-7-9-11-13-14-15-16-17-18-19-20-21-22-23-24-25-26-27-28-29-31-33-35-37-42(47)41(39-45)44-43(48)38-40(46)36-34-32-30-12-10-8-6-4-2/h35,37,40-42,45-47H,3-34,36,38-39H2,1-2H3,(H,44,48)/b37-35+. The minimum Gasteiger partial charge on any atom is -0.394 e. The zero-order chi connectivity index (χ0) is 35.2. The number of aliphatic hydroxyl groups is 3. The van der Waals surface area contributed by atoms with Crippen molar-refractivity contribution in [3.8, 4) is 0 Å². The lowest BCUT2D eigenvalue weighted by Crippen LogP contribution is -2.45. The van der Waals surface area contributed by atoms with Gasteiger partial charge in [-0.1, -0.05) is 219 Å². The number of hydrogen-bond donors (Lipinski definition) is 4. The van der Waals surface area contributed by atoms with Gasteiger partial charge in [0, 0.05) is 0 Å². The maximum Gasteiger partial charge on any atom is 0.222 e. The van der Waals surface area contributed by atoms with Gasteiger partial charge in [0.05, 0.1) is 31.3 Å². The second kappa shape index (κ2) is 38.9. The van der Waals surface area contributed by atoms with Crippen LogP contribution in [0.1, 0.15) is 232 Å². The fourth-order valence-electron chi connectivity index (χ4n) is 6.75. The average Bonchev–Trinajstić information content (AvgIpc) is 3.08. The van der Waals surface area contributed by atoms with Gasteiger partial charge in [-0.2, -0.15) is 0 Å². The van der Waals surface area contributed by atoms with E-state index in [0.29, 0.717) is 6.42 Å². The predicted octanol–water partition coefficient (Wildman–Crippen LogP) is 12.0. The molecule has 0 spiro atoms. The number of allylic oxidation sites excluding steroid dienone is 1. The van der Waals surface area contributed by atoms with Gasteiger partial charge in [0.1, 0.15) is 0 Å². The van der Waals surface area contributed by atoms with Crippen molar-refractivity contribution in [3.63, 3.8) is 0 Å². The monoisotopic (exact) mass is 680 g/mol. The van der Waals surface area contributed by atoms with E-state index in [0.717, 1.165) is 25.7 Å². The van der Waals surface area contributed by atoms with Gasteiger partial charge in [0.25, 0.3) is 0 Å². The molecule has 3 atom stereocenters. The average molecular weight is 680 g/mol. The summed E-state index contributed by atoms with van der Waals surface area (Å²) in [7, 11) is 0. The molecule has 5 nitrogen and oxygen atoms in total. The Hall–Kier alpha value is -0.910. The zero-order valence-corrected chi connectivity index (χ0v) is 32.4. The third kappa shape index (κ3) is 34.9. The van der Waals surface area contributed by atoms with Crippen LogP contribution in [-0.4, -0.2) is 46.1 Å². The highest BCUT2D eigenvalue weighted by Gasteiger charge is 2.20. The SMILES string of the molecule is CCCCCCCCCCCCCCCCCCCCCCCCC/C=C/C(O)C(CO)NC(=O)CC(O)CCCCCCCCCC. The molecule has 0 aromatic rings. The Bertz CT molecular complexity index is 669. The molecule has 0 saturated heterocycles. The fourth-order valence-corrected chi connectivity index (χ4v) is 6.75. The van der Waals surface area contributed by atoms with Crippen LogP contribution in [0.2, 0.25) is 0 Å². The highest BCUT2D eigenvalue weighted by atomic mass is 16.3. The molecule has 0 radical (unpaired) electrons. The Morgan fingerprint density at radius 2 is 0.854 bits per heavy atom. The number of amides is 1. The molecule has 0 saturated carbocycles. The van der Waals surface area contributed by atoms with Crippen molar-refractivity contribution in [2.45, 2.75) is 250 Å². The maximum absolute atomic E-state index is 12.3. The number of carbonyl (C=O) groups is 1. The van der Waals surface area contributed by atoms with Gasteiger partial charge in [-0.3, -0.25) is 4.79 Å². The number of aliphatic hydroxyl groups excluding tert-OH is 3. The molecule has 0 aliphatic rings. The van der Waals surface area contributed by atoms with Crippen LogP contribution in [0.5, 0.6) is 0 Å². The number of carbonyl (C=O) groups excluding carboxylic acids is 1. The summed E-state index contributed by atoms with van der Waals surface area (Å²) in [5.41, 5.74) is 0. The third-order valence-corrected chi connectivity index (χ3v) is 10.1. The molecule has 0 aromatic heterocycles. The lowest BCUT2D eigenvalue weighted by molar-refractivity contribution is -0.124. The molecule has 0 aliphatic carbocycles. The van der Waals surface area contributed by atoms with E-state index in [2.05, 4.69) is 19.2 Å². The summed E-state index contributed by atoms with van der Waals surface area (Å²) in [5, 5.41) is 33.0. The van der Waals surface area contributed by atoms with Gasteiger partial charge in [-0.05, 0) is 19.3 Å². The number of hydrogen-bond acceptors (Lipinski definition) is 4. The third-order valence-electron chi connectivity index (χ3n) is 10.1. The van der Waals surface area contributed by atoms with Crippen LogP contribution >= 0.6 is 0 Å². The normalized spacial score (nSPS) is 13.7. The van der Waals surface area contributed by atoms with Crippen molar-refractivity contribution in [1.29, 1.82) is 0 Å². The molecule has 286 valence electrons. The first-order valence-electron chi connectivity index (χ1n) is 21.5. The first-order valence-corrected chi connectivity index (χ1v) is 21.5. The van der Waals surface area contributed by atoms with Crippen LogP contribution in [0.3, 0.4) is 0 Å². The molecule has 0 aromatic carbocycles. The first-order chi connectivity index (χ1) is 23.5. The van der Waals surface area contributed by atoms with Crippen LogP contribution < -0.4 is 5.32 Å². The van der Waals surface area contributed by atoms with Crippen molar-refractivity contribution >= 4 is 5.91 Å². The Morgan fingerprint density at radius 1 is 0.521 bits per heavy atom. The maximum atomic E-state index is 12.3. The Morgan fingerprint density at radius 3 is 1.21 bits per heavy atom. The molecule has 0 aliphatic heterocycles. The van der Waals surface area contributed by atoms with Crippen LogP contribution in [0, 0.1) is 0 Å². The zero-order valence-electron chi connectivity index (χ0n) is 32.4. The molecule has 48 heavy (non-hydrogen) atoms. The largest absolute Gasteiger partial charge is 0.394 e. The van der Waals surface area contributed by atoms with E-state index in [1.165, 1.54) is 180 Å². The molecular weight excluding hydrogens is 594 g/mol. The molecule has 4 N–H and O–H groups in total. The summed E-state index contributed by atoms with van der Waals surface area (Å²) >= 11 is 0. The first kappa shape index (κ1) is 47.1. The van der Waals surface area contributed by atoms with E-state index >= 15 is 0 Å². The molecule has 0 rings (SSSR count). The second-order valence-corrected chi connectivity index (χ2v) is 15.0. The molecule has 0 bridgehead atoms. The topological polar surface area (TPSA) is 89.8 Å². The summed E-state index contributed by atoms with van der Waals surface area (Å²) < 4.78 is 0. The van der Waals surface area contributed by atoms with Gasteiger partial charge in [-0.15, -0.1) is 0 Å². The van der Waals surface area contributed by atoms with E-state index in [9.17, 15) is 20.1 Å². The summed E-state index contributed by atoms with van der Waals surface area (Å²) in [6.07, 6.45) is 45.2. The highest BCUT2D eigenvalue weighted by molar-refractivity contribution is 5.76. The van der Waals surface area contributed by atoms with Gasteiger partial charge in [0.15, 0.2) is 0 Å². The molecule has 3 unspecified atom stereocenters. The summed E-state index contributed by atoms with van der Waals surface area (Å²) in [6.45, 7) is 4.19. The lowest BCUT2D eigenvalue weighted by atomic mass is 10.0. The van der Waals surface area contributed by atoms with Crippen molar-refractivity contribution < 1.29 is 20.1 Å². The van der Waals surface area contributed by atoms with Gasteiger partial charge in [-0.25, -0.2) is 0 Å². The minimum atomic E-state index is -0.923. The van der Waals surface area contributed by atoms with Crippen molar-refractivity contribution in [1.82, 2.24) is 5.32 Å². The number of rotatable bonds is 39. The number of unbranched alkanes of at least 4 members (excludes halogenated alkanes) is 30. The highest BCUT2D eigenvalue weighted by Crippen LogP contribution is 2.16. The fraction of sp³-hybridized carbons (Fsp3) is 0.930. The van der Waals surface area contributed by atoms with Gasteiger partial charge >= 0.3 is 0 Å². The quantitative estimate of drug-likeness (QED) is 0.0384.